The summed E-state index contributed by atoms with van der Waals surface area (Å²) in [5.74, 6) is -0.354. The Morgan fingerprint density at radius 1 is 0.585 bits per heavy atom. The van der Waals surface area contributed by atoms with Gasteiger partial charge in [0, 0.05) is 19.6 Å². The molecule has 0 bridgehead atoms. The standard InChI is InChI=1S/C44H78NO7P/c1-3-5-7-9-11-13-15-17-19-21-22-24-26-28-30-32-34-36-39-49-41-43(42-51-53(47,48)50-40-38-45)52-44(46)37-35-33-31-29-27-25-23-20-18-16-14-12-10-8-6-4-2/h5,7,11,13-14,16-17,19-20,22-24,43H,3-4,6,8-10,12,15,18,21,25-42,45H2,1-2H3,(H,47,48)/b7-5-,13-11-,16-14-,19-17-,23-20-,24-22-. The minimum Gasteiger partial charge on any atom is -0.457 e. The van der Waals surface area contributed by atoms with Crippen molar-refractivity contribution in [3.63, 3.8) is 0 Å². The highest BCUT2D eigenvalue weighted by molar-refractivity contribution is 7.47. The number of nitrogens with two attached hydrogens (primary N) is 1. The first-order valence-corrected chi connectivity index (χ1v) is 22.4. The lowest BCUT2D eigenvalue weighted by molar-refractivity contribution is -0.154. The van der Waals surface area contributed by atoms with Crippen LogP contribution < -0.4 is 5.73 Å². The molecule has 2 atom stereocenters. The Kier molecular flexibility index (Phi) is 39.5. The molecule has 0 amide bonds. The number of phosphoric acid groups is 1. The van der Waals surface area contributed by atoms with Gasteiger partial charge in [-0.25, -0.2) is 4.57 Å². The van der Waals surface area contributed by atoms with Crippen LogP contribution in [0.3, 0.4) is 0 Å². The van der Waals surface area contributed by atoms with E-state index in [1.807, 2.05) is 0 Å². The third kappa shape index (κ3) is 41.0. The zero-order valence-electron chi connectivity index (χ0n) is 33.7. The van der Waals surface area contributed by atoms with Crippen LogP contribution in [0.5, 0.6) is 0 Å². The number of ether oxygens (including phenoxy) is 2. The fraction of sp³-hybridized carbons (Fsp3) is 0.705. The summed E-state index contributed by atoms with van der Waals surface area (Å²) in [5, 5.41) is 0. The highest BCUT2D eigenvalue weighted by Gasteiger charge is 2.25. The van der Waals surface area contributed by atoms with Crippen LogP contribution in [0.25, 0.3) is 0 Å². The van der Waals surface area contributed by atoms with E-state index >= 15 is 0 Å². The Morgan fingerprint density at radius 3 is 1.58 bits per heavy atom. The van der Waals surface area contributed by atoms with Gasteiger partial charge in [-0.05, 0) is 83.5 Å². The third-order valence-electron chi connectivity index (χ3n) is 8.36. The molecule has 2 unspecified atom stereocenters. The molecule has 0 aromatic heterocycles. The Morgan fingerprint density at radius 2 is 1.06 bits per heavy atom. The van der Waals surface area contributed by atoms with E-state index in [0.29, 0.717) is 13.0 Å². The molecular weight excluding hydrogens is 685 g/mol. The van der Waals surface area contributed by atoms with Crippen LogP contribution in [-0.4, -0.2) is 49.9 Å². The van der Waals surface area contributed by atoms with Gasteiger partial charge in [0.25, 0.3) is 0 Å². The van der Waals surface area contributed by atoms with Gasteiger partial charge in [0.15, 0.2) is 0 Å². The number of unbranched alkanes of at least 4 members (excludes halogenated alkanes) is 14. The van der Waals surface area contributed by atoms with Gasteiger partial charge in [-0.2, -0.15) is 0 Å². The summed E-state index contributed by atoms with van der Waals surface area (Å²) >= 11 is 0. The van der Waals surface area contributed by atoms with Gasteiger partial charge in [-0.1, -0.05) is 145 Å². The largest absolute Gasteiger partial charge is 0.472 e. The van der Waals surface area contributed by atoms with E-state index in [-0.39, 0.29) is 32.3 Å². The third-order valence-corrected chi connectivity index (χ3v) is 9.34. The summed E-state index contributed by atoms with van der Waals surface area (Å²) in [4.78, 5) is 22.5. The smallest absolute Gasteiger partial charge is 0.457 e. The van der Waals surface area contributed by atoms with Crippen LogP contribution in [0.15, 0.2) is 72.9 Å². The Labute approximate surface area is 325 Å². The molecule has 53 heavy (non-hydrogen) atoms. The van der Waals surface area contributed by atoms with Crippen LogP contribution in [0, 0.1) is 0 Å². The number of carbonyl (C=O) groups excluding carboxylic acids is 1. The predicted molar refractivity (Wildman–Crippen MR) is 224 cm³/mol. The molecule has 0 heterocycles. The van der Waals surface area contributed by atoms with Crippen molar-refractivity contribution in [1.29, 1.82) is 0 Å². The predicted octanol–water partition coefficient (Wildman–Crippen LogP) is 12.4. The molecule has 0 fully saturated rings. The Bertz CT molecular complexity index is 1040. The average molecular weight is 764 g/mol. The Hall–Kier alpha value is -2.06. The molecule has 0 aromatic carbocycles. The van der Waals surface area contributed by atoms with Crippen LogP contribution >= 0.6 is 7.82 Å². The lowest BCUT2D eigenvalue weighted by atomic mass is 10.1. The number of carbonyl (C=O) groups is 1. The van der Waals surface area contributed by atoms with E-state index < -0.39 is 13.9 Å². The number of hydrogen-bond donors (Lipinski definition) is 2. The van der Waals surface area contributed by atoms with Crippen molar-refractivity contribution in [2.45, 2.75) is 168 Å². The number of esters is 1. The fourth-order valence-corrected chi connectivity index (χ4v) is 6.08. The maximum atomic E-state index is 12.6. The summed E-state index contributed by atoms with van der Waals surface area (Å²) in [6, 6.07) is 0. The van der Waals surface area contributed by atoms with E-state index in [0.717, 1.165) is 96.3 Å². The van der Waals surface area contributed by atoms with E-state index in [1.54, 1.807) is 0 Å². The first kappa shape index (κ1) is 50.9. The zero-order valence-corrected chi connectivity index (χ0v) is 34.6. The van der Waals surface area contributed by atoms with Crippen molar-refractivity contribution in [3.05, 3.63) is 72.9 Å². The molecular formula is C44H78NO7P. The normalized spacial score (nSPS) is 14.3. The highest BCUT2D eigenvalue weighted by Crippen LogP contribution is 2.43. The molecule has 0 saturated heterocycles. The minimum atomic E-state index is -4.29. The molecule has 0 spiro atoms. The van der Waals surface area contributed by atoms with Crippen molar-refractivity contribution in [2.24, 2.45) is 5.73 Å². The number of allylic oxidation sites excluding steroid dienone is 12. The quantitative estimate of drug-likeness (QED) is 0.0275. The van der Waals surface area contributed by atoms with Gasteiger partial charge in [0.2, 0.25) is 0 Å². The van der Waals surface area contributed by atoms with E-state index in [4.69, 9.17) is 24.3 Å². The molecule has 0 aromatic rings. The molecule has 0 aliphatic heterocycles. The molecule has 306 valence electrons. The number of hydrogen-bond acceptors (Lipinski definition) is 7. The average Bonchev–Trinajstić information content (AvgIpc) is 3.15. The van der Waals surface area contributed by atoms with Gasteiger partial charge >= 0.3 is 13.8 Å². The Balaban J connectivity index is 4.13. The van der Waals surface area contributed by atoms with Crippen LogP contribution in [0.2, 0.25) is 0 Å². The van der Waals surface area contributed by atoms with Gasteiger partial charge in [-0.15, -0.1) is 0 Å². The zero-order chi connectivity index (χ0) is 38.8. The molecule has 0 rings (SSSR count). The second-order valence-electron chi connectivity index (χ2n) is 13.5. The molecule has 0 aliphatic carbocycles. The topological polar surface area (TPSA) is 117 Å². The first-order valence-electron chi connectivity index (χ1n) is 20.9. The van der Waals surface area contributed by atoms with Crippen LogP contribution in [0.4, 0.5) is 0 Å². The SMILES string of the molecule is CC/C=C\C/C=C\C/C=C\C/C=C\CCCCCCCOCC(COP(=O)(O)OCCN)OC(=O)CCCCCCC/C=C\C/C=C\CCCCCC. The fourth-order valence-electron chi connectivity index (χ4n) is 5.31. The van der Waals surface area contributed by atoms with E-state index in [2.05, 4.69) is 86.8 Å². The van der Waals surface area contributed by atoms with Gasteiger partial charge < -0.3 is 20.1 Å². The molecule has 0 saturated carbocycles. The van der Waals surface area contributed by atoms with Crippen LogP contribution in [0.1, 0.15) is 162 Å². The second-order valence-corrected chi connectivity index (χ2v) is 14.9. The van der Waals surface area contributed by atoms with Crippen molar-refractivity contribution < 1.29 is 32.8 Å². The summed E-state index contributed by atoms with van der Waals surface area (Å²) in [6.45, 7) is 4.71. The van der Waals surface area contributed by atoms with E-state index in [9.17, 15) is 14.3 Å². The van der Waals surface area contributed by atoms with Crippen LogP contribution in [-0.2, 0) is 27.9 Å². The van der Waals surface area contributed by atoms with E-state index in [1.165, 1.54) is 44.9 Å². The lowest BCUT2D eigenvalue weighted by Gasteiger charge is -2.20. The number of phosphoric ester groups is 1. The second kappa shape index (κ2) is 41.1. The molecule has 9 heteroatoms. The molecule has 0 radical (unpaired) electrons. The van der Waals surface area contributed by atoms with Crippen molar-refractivity contribution in [3.8, 4) is 0 Å². The monoisotopic (exact) mass is 764 g/mol. The maximum Gasteiger partial charge on any atom is 0.472 e. The first-order chi connectivity index (χ1) is 25.9. The van der Waals surface area contributed by atoms with Gasteiger partial charge in [-0.3, -0.25) is 13.8 Å². The minimum absolute atomic E-state index is 0.0907. The van der Waals surface area contributed by atoms with Gasteiger partial charge in [0.1, 0.15) is 6.10 Å². The molecule has 3 N–H and O–H groups in total. The summed E-state index contributed by atoms with van der Waals surface area (Å²) < 4.78 is 33.4. The summed E-state index contributed by atoms with van der Waals surface area (Å²) in [5.41, 5.74) is 5.36. The highest BCUT2D eigenvalue weighted by atomic mass is 31.2. The van der Waals surface area contributed by atoms with Crippen molar-refractivity contribution in [1.82, 2.24) is 0 Å². The van der Waals surface area contributed by atoms with Gasteiger partial charge in [0.05, 0.1) is 19.8 Å². The molecule has 8 nitrogen and oxygen atoms in total. The number of rotatable bonds is 39. The molecule has 0 aliphatic rings. The summed E-state index contributed by atoms with van der Waals surface area (Å²) in [6.07, 6.45) is 50.6. The lowest BCUT2D eigenvalue weighted by Crippen LogP contribution is -2.28. The summed E-state index contributed by atoms with van der Waals surface area (Å²) in [7, 11) is -4.29. The van der Waals surface area contributed by atoms with Crippen molar-refractivity contribution in [2.75, 3.05) is 33.0 Å². The maximum absolute atomic E-state index is 12.6. The van der Waals surface area contributed by atoms with Crippen molar-refractivity contribution >= 4 is 13.8 Å².